The molecule has 3 atom stereocenters. The summed E-state index contributed by atoms with van der Waals surface area (Å²) in [4.78, 5) is 32.2. The minimum atomic E-state index is -2.84. The number of anilines is 2. The Kier molecular flexibility index (Phi) is 7.28. The van der Waals surface area contributed by atoms with E-state index in [1.54, 1.807) is 42.5 Å². The lowest BCUT2D eigenvalue weighted by Gasteiger charge is -2.36. The Morgan fingerprint density at radius 3 is 2.55 bits per heavy atom. The molecule has 1 saturated carbocycles. The Bertz CT molecular complexity index is 1670. The Morgan fingerprint density at radius 2 is 1.79 bits per heavy atom. The number of fused-ring (bicyclic) bond motifs is 1. The van der Waals surface area contributed by atoms with E-state index in [0.29, 0.717) is 10.9 Å². The SMILES string of the molecule is O=C(NC1CC(F)(F)C1)C(Nc1cccc(F)c1C1CC(=O)N(c2nccc3ccccc23)[C@@H]1O)c1ccccc1Cl. The summed E-state index contributed by atoms with van der Waals surface area (Å²) in [6, 6.07) is 17.9. The summed E-state index contributed by atoms with van der Waals surface area (Å²) in [5.74, 6) is -5.36. The van der Waals surface area contributed by atoms with Gasteiger partial charge in [-0.1, -0.05) is 60.1 Å². The standard InChI is InChI=1S/C31H26ClF3N4O3/c32-22-9-4-3-8-20(22)27(29(41)37-18-15-31(34,35)16-18)38-24-11-5-10-23(33)26(24)21-14-25(40)39(30(21)42)28-19-7-2-1-6-17(19)12-13-36-28/h1-13,18,21,27,30,38,42H,14-16H2,(H,37,41)/t21?,27?,30-/m1/s1. The number of nitrogens with one attached hydrogen (secondary N) is 2. The molecule has 2 heterocycles. The minimum absolute atomic E-state index is 0.00103. The fourth-order valence-electron chi connectivity index (χ4n) is 5.75. The molecule has 216 valence electrons. The molecular formula is C31H26ClF3N4O3. The lowest BCUT2D eigenvalue weighted by atomic mass is 9.87. The topological polar surface area (TPSA) is 94.6 Å². The van der Waals surface area contributed by atoms with Gasteiger partial charge < -0.3 is 15.7 Å². The average Bonchev–Trinajstić information content (AvgIpc) is 3.23. The summed E-state index contributed by atoms with van der Waals surface area (Å²) in [5.41, 5.74) is 0.502. The van der Waals surface area contributed by atoms with Crippen molar-refractivity contribution in [3.8, 4) is 0 Å². The number of nitrogens with zero attached hydrogens (tertiary/aromatic N) is 2. The molecular weight excluding hydrogens is 569 g/mol. The van der Waals surface area contributed by atoms with Gasteiger partial charge in [0, 0.05) is 64.6 Å². The summed E-state index contributed by atoms with van der Waals surface area (Å²) >= 11 is 6.42. The first kappa shape index (κ1) is 28.0. The molecule has 0 bridgehead atoms. The first-order valence-electron chi connectivity index (χ1n) is 13.4. The molecule has 3 N–H and O–H groups in total. The Hall–Kier alpha value is -4.15. The van der Waals surface area contributed by atoms with Gasteiger partial charge >= 0.3 is 0 Å². The molecule has 2 amide bonds. The highest BCUT2D eigenvalue weighted by Crippen LogP contribution is 2.43. The third-order valence-corrected chi connectivity index (χ3v) is 8.15. The van der Waals surface area contributed by atoms with Gasteiger partial charge in [-0.2, -0.15) is 0 Å². The molecule has 1 saturated heterocycles. The highest BCUT2D eigenvalue weighted by molar-refractivity contribution is 6.31. The number of amides is 2. The number of carbonyl (C=O) groups excluding carboxylic acids is 2. The number of hydrogen-bond acceptors (Lipinski definition) is 5. The molecule has 7 nitrogen and oxygen atoms in total. The van der Waals surface area contributed by atoms with Crippen LogP contribution in [-0.4, -0.2) is 40.1 Å². The molecule has 11 heteroatoms. The molecule has 2 fully saturated rings. The summed E-state index contributed by atoms with van der Waals surface area (Å²) in [6.45, 7) is 0. The van der Waals surface area contributed by atoms with E-state index >= 15 is 4.39 Å². The normalized spacial score (nSPS) is 20.8. The largest absolute Gasteiger partial charge is 0.372 e. The number of hydrogen-bond donors (Lipinski definition) is 3. The third-order valence-electron chi connectivity index (χ3n) is 7.81. The van der Waals surface area contributed by atoms with Gasteiger partial charge in [-0.05, 0) is 29.7 Å². The predicted molar refractivity (Wildman–Crippen MR) is 153 cm³/mol. The Balaban J connectivity index is 1.35. The molecule has 42 heavy (non-hydrogen) atoms. The quantitative estimate of drug-likeness (QED) is 0.246. The van der Waals surface area contributed by atoms with E-state index in [9.17, 15) is 23.5 Å². The molecule has 1 aliphatic carbocycles. The summed E-state index contributed by atoms with van der Waals surface area (Å²) < 4.78 is 42.5. The van der Waals surface area contributed by atoms with Crippen molar-refractivity contribution in [2.24, 2.45) is 0 Å². The molecule has 2 unspecified atom stereocenters. The first-order valence-corrected chi connectivity index (χ1v) is 13.8. The summed E-state index contributed by atoms with van der Waals surface area (Å²) in [6.07, 6.45) is -1.10. The van der Waals surface area contributed by atoms with E-state index in [1.807, 2.05) is 12.1 Å². The van der Waals surface area contributed by atoms with Crippen LogP contribution in [0.15, 0.2) is 79.0 Å². The van der Waals surface area contributed by atoms with Gasteiger partial charge in [0.05, 0.1) is 0 Å². The van der Waals surface area contributed by atoms with E-state index in [1.165, 1.54) is 24.4 Å². The van der Waals surface area contributed by atoms with E-state index < -0.39 is 60.6 Å². The van der Waals surface area contributed by atoms with Gasteiger partial charge in [0.1, 0.15) is 23.9 Å². The average molecular weight is 595 g/mol. The number of rotatable bonds is 7. The highest BCUT2D eigenvalue weighted by Gasteiger charge is 2.47. The van der Waals surface area contributed by atoms with Gasteiger partial charge in [-0.25, -0.2) is 18.2 Å². The van der Waals surface area contributed by atoms with Crippen LogP contribution in [0.2, 0.25) is 5.02 Å². The second kappa shape index (κ2) is 10.9. The second-order valence-corrected chi connectivity index (χ2v) is 11.0. The number of aliphatic hydroxyl groups excluding tert-OH is 1. The lowest BCUT2D eigenvalue weighted by Crippen LogP contribution is -2.52. The molecule has 0 radical (unpaired) electrons. The maximum atomic E-state index is 15.6. The molecule has 1 aliphatic heterocycles. The number of halogens is 4. The fraction of sp³-hybridized carbons (Fsp3) is 0.258. The zero-order valence-corrected chi connectivity index (χ0v) is 22.9. The maximum absolute atomic E-state index is 15.6. The van der Waals surface area contributed by atoms with Crippen LogP contribution in [0.5, 0.6) is 0 Å². The number of benzene rings is 3. The van der Waals surface area contributed by atoms with Crippen LogP contribution < -0.4 is 15.5 Å². The minimum Gasteiger partial charge on any atom is -0.372 e. The number of aromatic nitrogens is 1. The predicted octanol–water partition coefficient (Wildman–Crippen LogP) is 5.93. The number of pyridine rings is 1. The molecule has 0 spiro atoms. The van der Waals surface area contributed by atoms with Crippen molar-refractivity contribution in [1.82, 2.24) is 10.3 Å². The van der Waals surface area contributed by atoms with Gasteiger partial charge in [-0.15, -0.1) is 0 Å². The van der Waals surface area contributed by atoms with Crippen molar-refractivity contribution in [1.29, 1.82) is 0 Å². The van der Waals surface area contributed by atoms with Gasteiger partial charge in [0.15, 0.2) is 0 Å². The first-order chi connectivity index (χ1) is 20.1. The van der Waals surface area contributed by atoms with Crippen LogP contribution in [-0.2, 0) is 9.59 Å². The van der Waals surface area contributed by atoms with Gasteiger partial charge in [-0.3, -0.25) is 14.5 Å². The van der Waals surface area contributed by atoms with Crippen molar-refractivity contribution in [2.45, 2.75) is 49.4 Å². The number of aliphatic hydroxyl groups is 1. The van der Waals surface area contributed by atoms with Crippen LogP contribution >= 0.6 is 11.6 Å². The van der Waals surface area contributed by atoms with Crippen molar-refractivity contribution in [3.63, 3.8) is 0 Å². The molecule has 3 aromatic carbocycles. The molecule has 1 aromatic heterocycles. The molecule has 4 aromatic rings. The van der Waals surface area contributed by atoms with E-state index in [0.717, 1.165) is 10.3 Å². The number of alkyl halides is 2. The molecule has 6 rings (SSSR count). The van der Waals surface area contributed by atoms with Gasteiger partial charge in [0.2, 0.25) is 11.8 Å². The lowest BCUT2D eigenvalue weighted by molar-refractivity contribution is -0.130. The van der Waals surface area contributed by atoms with E-state index in [2.05, 4.69) is 15.6 Å². The van der Waals surface area contributed by atoms with Crippen molar-refractivity contribution in [2.75, 3.05) is 10.2 Å². The molecule has 2 aliphatic rings. The van der Waals surface area contributed by atoms with Crippen LogP contribution in [0.1, 0.15) is 42.3 Å². The summed E-state index contributed by atoms with van der Waals surface area (Å²) in [5, 5.41) is 18.8. The third kappa shape index (κ3) is 5.16. The smallest absolute Gasteiger partial charge is 0.252 e. The monoisotopic (exact) mass is 594 g/mol. The highest BCUT2D eigenvalue weighted by atomic mass is 35.5. The van der Waals surface area contributed by atoms with Crippen LogP contribution in [0, 0.1) is 5.82 Å². The van der Waals surface area contributed by atoms with E-state index in [4.69, 9.17) is 11.6 Å². The summed E-state index contributed by atoms with van der Waals surface area (Å²) in [7, 11) is 0. The van der Waals surface area contributed by atoms with Gasteiger partial charge in [0.25, 0.3) is 5.92 Å². The van der Waals surface area contributed by atoms with E-state index in [-0.39, 0.29) is 28.5 Å². The fourth-order valence-corrected chi connectivity index (χ4v) is 5.99. The second-order valence-electron chi connectivity index (χ2n) is 10.6. The van der Waals surface area contributed by atoms with Crippen LogP contribution in [0.3, 0.4) is 0 Å². The zero-order chi connectivity index (χ0) is 29.6. The Labute approximate surface area is 244 Å². The maximum Gasteiger partial charge on any atom is 0.252 e. The van der Waals surface area contributed by atoms with Crippen molar-refractivity contribution < 1.29 is 27.9 Å². The van der Waals surface area contributed by atoms with Crippen molar-refractivity contribution >= 4 is 45.7 Å². The van der Waals surface area contributed by atoms with Crippen molar-refractivity contribution in [3.05, 3.63) is 101 Å². The number of carbonyl (C=O) groups is 2. The van der Waals surface area contributed by atoms with Crippen LogP contribution in [0.25, 0.3) is 10.8 Å². The Morgan fingerprint density at radius 1 is 1.05 bits per heavy atom. The van der Waals surface area contributed by atoms with Crippen LogP contribution in [0.4, 0.5) is 24.7 Å². The zero-order valence-electron chi connectivity index (χ0n) is 22.1.